The van der Waals surface area contributed by atoms with Crippen molar-refractivity contribution in [3.63, 3.8) is 0 Å². The van der Waals surface area contributed by atoms with Crippen molar-refractivity contribution in [1.29, 1.82) is 0 Å². The van der Waals surface area contributed by atoms with E-state index < -0.39 is 0 Å². The molecule has 0 unspecified atom stereocenters. The Labute approximate surface area is 142 Å². The first-order valence-electron chi connectivity index (χ1n) is 8.68. The van der Waals surface area contributed by atoms with Crippen molar-refractivity contribution < 1.29 is 9.59 Å². The van der Waals surface area contributed by atoms with E-state index in [0.29, 0.717) is 32.7 Å². The molecule has 0 bridgehead atoms. The van der Waals surface area contributed by atoms with E-state index in [1.165, 1.54) is 11.1 Å². The number of carbonyl (C=O) groups is 2. The lowest BCUT2D eigenvalue weighted by atomic mass is 9.87. The molecule has 2 saturated heterocycles. The van der Waals surface area contributed by atoms with Crippen LogP contribution >= 0.6 is 0 Å². The molecule has 3 aliphatic rings. The Bertz CT molecular complexity index is 650. The Morgan fingerprint density at radius 1 is 1.29 bits per heavy atom. The average Bonchev–Trinajstić information content (AvgIpc) is 3.12. The third kappa shape index (κ3) is 2.70. The fraction of sp³-hybridized carbons (Fsp3) is 0.556. The number of hydrogen-bond donors (Lipinski definition) is 2. The molecule has 128 valence electrons. The molecule has 1 atom stereocenters. The first-order valence-corrected chi connectivity index (χ1v) is 8.68. The molecule has 24 heavy (non-hydrogen) atoms. The zero-order valence-corrected chi connectivity index (χ0v) is 14.0. The third-order valence-corrected chi connectivity index (χ3v) is 5.54. The van der Waals surface area contributed by atoms with Gasteiger partial charge >= 0.3 is 12.1 Å². The van der Waals surface area contributed by atoms with Crippen LogP contribution in [0.1, 0.15) is 18.1 Å². The number of fused-ring (bicyclic) bond motifs is 2. The van der Waals surface area contributed by atoms with E-state index >= 15 is 0 Å². The minimum atomic E-state index is -0.00817. The molecule has 2 aliphatic heterocycles. The molecule has 4 rings (SSSR count). The van der Waals surface area contributed by atoms with E-state index in [0.717, 1.165) is 12.8 Å². The number of hydrogen-bond acceptors (Lipinski definition) is 2. The second-order valence-corrected chi connectivity index (χ2v) is 7.57. The van der Waals surface area contributed by atoms with Gasteiger partial charge in [0.15, 0.2) is 0 Å². The molecule has 6 heteroatoms. The van der Waals surface area contributed by atoms with Gasteiger partial charge in [-0.2, -0.15) is 0 Å². The summed E-state index contributed by atoms with van der Waals surface area (Å²) in [7, 11) is 0. The molecule has 1 aromatic carbocycles. The second-order valence-electron chi connectivity index (χ2n) is 7.57. The van der Waals surface area contributed by atoms with Crippen LogP contribution in [0.5, 0.6) is 0 Å². The van der Waals surface area contributed by atoms with Crippen LogP contribution < -0.4 is 10.6 Å². The van der Waals surface area contributed by atoms with Gasteiger partial charge in [0.1, 0.15) is 0 Å². The lowest BCUT2D eigenvalue weighted by molar-refractivity contribution is 0.127. The lowest BCUT2D eigenvalue weighted by Crippen LogP contribution is -2.56. The smallest absolute Gasteiger partial charge is 0.317 e. The van der Waals surface area contributed by atoms with Crippen molar-refractivity contribution in [3.8, 4) is 0 Å². The van der Waals surface area contributed by atoms with Crippen LogP contribution in [0.25, 0.3) is 0 Å². The highest BCUT2D eigenvalue weighted by atomic mass is 16.2. The van der Waals surface area contributed by atoms with E-state index in [1.807, 2.05) is 9.80 Å². The molecule has 1 aromatic rings. The Morgan fingerprint density at radius 3 is 2.71 bits per heavy atom. The maximum Gasteiger partial charge on any atom is 0.317 e. The number of benzene rings is 1. The molecule has 0 saturated carbocycles. The van der Waals surface area contributed by atoms with Crippen LogP contribution in [0.3, 0.4) is 0 Å². The minimum Gasteiger partial charge on any atom is -0.337 e. The van der Waals surface area contributed by atoms with Crippen molar-refractivity contribution >= 4 is 12.1 Å². The highest BCUT2D eigenvalue weighted by molar-refractivity contribution is 5.78. The largest absolute Gasteiger partial charge is 0.337 e. The van der Waals surface area contributed by atoms with Gasteiger partial charge in [0.05, 0.1) is 6.04 Å². The quantitative estimate of drug-likeness (QED) is 0.857. The molecule has 6 nitrogen and oxygen atoms in total. The van der Waals surface area contributed by atoms with Crippen LogP contribution in [0, 0.1) is 5.41 Å². The van der Waals surface area contributed by atoms with Gasteiger partial charge in [-0.3, -0.25) is 0 Å². The summed E-state index contributed by atoms with van der Waals surface area (Å²) in [6.45, 7) is 5.39. The summed E-state index contributed by atoms with van der Waals surface area (Å²) in [6.07, 6.45) is 2.02. The van der Waals surface area contributed by atoms with Crippen LogP contribution in [-0.2, 0) is 12.8 Å². The SMILES string of the molecule is CC1(CNC(=O)N2CCN3C(=O)NC[C@H]3C2)Cc2ccccc2C1. The van der Waals surface area contributed by atoms with E-state index in [4.69, 9.17) is 0 Å². The van der Waals surface area contributed by atoms with Crippen molar-refractivity contribution in [3.05, 3.63) is 35.4 Å². The Kier molecular flexibility index (Phi) is 3.62. The molecular weight excluding hydrogens is 304 g/mol. The van der Waals surface area contributed by atoms with Gasteiger partial charge in [-0.15, -0.1) is 0 Å². The third-order valence-electron chi connectivity index (χ3n) is 5.54. The fourth-order valence-corrected chi connectivity index (χ4v) is 4.20. The topological polar surface area (TPSA) is 64.7 Å². The second kappa shape index (κ2) is 5.69. The van der Waals surface area contributed by atoms with Gasteiger partial charge in [-0.25, -0.2) is 9.59 Å². The van der Waals surface area contributed by atoms with Gasteiger partial charge < -0.3 is 20.4 Å². The summed E-state index contributed by atoms with van der Waals surface area (Å²) < 4.78 is 0. The molecule has 2 heterocycles. The van der Waals surface area contributed by atoms with Gasteiger partial charge in [0.2, 0.25) is 0 Å². The summed E-state index contributed by atoms with van der Waals surface area (Å²) in [6, 6.07) is 8.64. The summed E-state index contributed by atoms with van der Waals surface area (Å²) >= 11 is 0. The van der Waals surface area contributed by atoms with Crippen LogP contribution in [0.4, 0.5) is 9.59 Å². The monoisotopic (exact) mass is 328 g/mol. The predicted molar refractivity (Wildman–Crippen MR) is 90.8 cm³/mol. The standard InChI is InChI=1S/C18H24N4O2/c1-18(8-13-4-2-3-5-14(13)9-18)12-20-16(23)21-6-7-22-15(11-21)10-19-17(22)24/h2-5,15H,6-12H2,1H3,(H,19,24)(H,20,23)/t15-/m0/s1. The minimum absolute atomic E-state index is 0.00344. The molecule has 2 N–H and O–H groups in total. The Hall–Kier alpha value is -2.24. The highest BCUT2D eigenvalue weighted by Gasteiger charge is 2.38. The lowest BCUT2D eigenvalue weighted by Gasteiger charge is -2.37. The summed E-state index contributed by atoms with van der Waals surface area (Å²) in [5, 5.41) is 5.97. The summed E-state index contributed by atoms with van der Waals surface area (Å²) in [5.74, 6) is 0. The predicted octanol–water partition coefficient (Wildman–Crippen LogP) is 1.21. The van der Waals surface area contributed by atoms with Gasteiger partial charge in [-0.05, 0) is 29.4 Å². The number of nitrogens with one attached hydrogen (secondary N) is 2. The highest BCUT2D eigenvalue weighted by Crippen LogP contribution is 2.36. The van der Waals surface area contributed by atoms with Crippen LogP contribution in [0.15, 0.2) is 24.3 Å². The number of carbonyl (C=O) groups excluding carboxylic acids is 2. The van der Waals surface area contributed by atoms with Crippen molar-refractivity contribution in [2.75, 3.05) is 32.7 Å². The van der Waals surface area contributed by atoms with Crippen LogP contribution in [0.2, 0.25) is 0 Å². The van der Waals surface area contributed by atoms with Crippen molar-refractivity contribution in [2.45, 2.75) is 25.8 Å². The van der Waals surface area contributed by atoms with Crippen molar-refractivity contribution in [2.24, 2.45) is 5.41 Å². The zero-order chi connectivity index (χ0) is 16.7. The first kappa shape index (κ1) is 15.3. The molecule has 0 spiro atoms. The van der Waals surface area contributed by atoms with E-state index in [-0.39, 0.29) is 23.5 Å². The maximum atomic E-state index is 12.5. The Balaban J connectivity index is 1.32. The average molecular weight is 328 g/mol. The number of urea groups is 2. The number of piperazine rings is 1. The molecule has 0 aromatic heterocycles. The molecule has 4 amide bonds. The zero-order valence-electron chi connectivity index (χ0n) is 14.0. The maximum absolute atomic E-state index is 12.5. The van der Waals surface area contributed by atoms with Crippen LogP contribution in [-0.4, -0.2) is 60.6 Å². The molecular formula is C18H24N4O2. The van der Waals surface area contributed by atoms with Gasteiger partial charge in [-0.1, -0.05) is 31.2 Å². The summed E-state index contributed by atoms with van der Waals surface area (Å²) in [4.78, 5) is 27.8. The first-order chi connectivity index (χ1) is 11.5. The Morgan fingerprint density at radius 2 is 2.00 bits per heavy atom. The normalized spacial score (nSPS) is 24.4. The summed E-state index contributed by atoms with van der Waals surface area (Å²) in [5.41, 5.74) is 2.89. The fourth-order valence-electron chi connectivity index (χ4n) is 4.20. The van der Waals surface area contributed by atoms with E-state index in [2.05, 4.69) is 41.8 Å². The van der Waals surface area contributed by atoms with Gasteiger partial charge in [0, 0.05) is 32.7 Å². The molecule has 1 aliphatic carbocycles. The number of rotatable bonds is 2. The van der Waals surface area contributed by atoms with E-state index in [1.54, 1.807) is 0 Å². The van der Waals surface area contributed by atoms with E-state index in [9.17, 15) is 9.59 Å². The number of nitrogens with zero attached hydrogens (tertiary/aromatic N) is 2. The van der Waals surface area contributed by atoms with Gasteiger partial charge in [0.25, 0.3) is 0 Å². The molecule has 0 radical (unpaired) electrons. The van der Waals surface area contributed by atoms with Crippen molar-refractivity contribution in [1.82, 2.24) is 20.4 Å². The number of amides is 4. The molecule has 2 fully saturated rings.